The molecular formula is C34H30ClF3N8O3S2. The predicted octanol–water partition coefficient (Wildman–Crippen LogP) is 6.98. The van der Waals surface area contributed by atoms with Gasteiger partial charge >= 0.3 is 6.01 Å². The van der Waals surface area contributed by atoms with Gasteiger partial charge in [0.15, 0.2) is 22.4 Å². The number of nitrogens with one attached hydrogen (secondary N) is 1. The van der Waals surface area contributed by atoms with Crippen LogP contribution in [0.4, 0.5) is 29.0 Å². The van der Waals surface area contributed by atoms with Crippen molar-refractivity contribution < 1.29 is 27.4 Å². The van der Waals surface area contributed by atoms with Gasteiger partial charge < -0.3 is 25.4 Å². The van der Waals surface area contributed by atoms with E-state index in [0.717, 1.165) is 48.1 Å². The van der Waals surface area contributed by atoms with Crippen LogP contribution in [0.15, 0.2) is 18.3 Å². The van der Waals surface area contributed by atoms with E-state index in [-0.39, 0.29) is 102 Å². The maximum atomic E-state index is 17.3. The fraction of sp³-hybridized carbons (Fsp3) is 0.382. The minimum absolute atomic E-state index is 0.00368. The summed E-state index contributed by atoms with van der Waals surface area (Å²) >= 11 is 9.02. The lowest BCUT2D eigenvalue weighted by atomic mass is 9.95. The molecule has 17 heteroatoms. The summed E-state index contributed by atoms with van der Waals surface area (Å²) in [6.45, 7) is 5.10. The highest BCUT2D eigenvalue weighted by Gasteiger charge is 2.49. The van der Waals surface area contributed by atoms with Gasteiger partial charge in [-0.05, 0) is 44.9 Å². The van der Waals surface area contributed by atoms with Gasteiger partial charge in [-0.2, -0.15) is 15.2 Å². The second kappa shape index (κ2) is 12.7. The van der Waals surface area contributed by atoms with Gasteiger partial charge in [0.05, 0.1) is 39.0 Å². The number of hydrogen-bond acceptors (Lipinski definition) is 12. The van der Waals surface area contributed by atoms with E-state index < -0.39 is 23.3 Å². The molecule has 3 aromatic heterocycles. The quantitative estimate of drug-likeness (QED) is 0.179. The van der Waals surface area contributed by atoms with Gasteiger partial charge in [0.25, 0.3) is 5.91 Å². The molecule has 0 radical (unpaired) electrons. The van der Waals surface area contributed by atoms with E-state index in [1.165, 1.54) is 12.3 Å². The first kappa shape index (κ1) is 33.7. The van der Waals surface area contributed by atoms with Crippen LogP contribution in [-0.4, -0.2) is 76.4 Å². The Hall–Kier alpha value is -4.43. The van der Waals surface area contributed by atoms with Crippen LogP contribution in [-0.2, 0) is 0 Å². The third kappa shape index (κ3) is 5.49. The summed E-state index contributed by atoms with van der Waals surface area (Å²) in [4.78, 5) is 30.3. The molecule has 3 aliphatic rings. The zero-order chi connectivity index (χ0) is 35.8. The number of hydrogen-bond donors (Lipinski definition) is 2. The molecule has 2 saturated heterocycles. The summed E-state index contributed by atoms with van der Waals surface area (Å²) in [5.74, 6) is -1.58. The van der Waals surface area contributed by atoms with Crippen LogP contribution in [0.2, 0.25) is 5.02 Å². The summed E-state index contributed by atoms with van der Waals surface area (Å²) in [6, 6.07) is 4.26. The number of nitrogens with two attached hydrogens (primary N) is 1. The Labute approximate surface area is 302 Å². The van der Waals surface area contributed by atoms with E-state index in [1.807, 2.05) is 19.9 Å². The monoisotopic (exact) mass is 754 g/mol. The average molecular weight is 755 g/mol. The zero-order valence-electron chi connectivity index (χ0n) is 27.4. The zero-order valence-corrected chi connectivity index (χ0v) is 29.7. The number of anilines is 3. The summed E-state index contributed by atoms with van der Waals surface area (Å²) < 4.78 is 59.4. The molecule has 264 valence electrons. The number of halogens is 4. The molecule has 2 fully saturated rings. The van der Waals surface area contributed by atoms with Crippen molar-refractivity contribution >= 4 is 77.0 Å². The average Bonchev–Trinajstić information content (AvgIpc) is 3.84. The minimum Gasteiger partial charge on any atom is -0.489 e. The van der Waals surface area contributed by atoms with Crippen molar-refractivity contribution in [2.24, 2.45) is 0 Å². The first-order valence-electron chi connectivity index (χ1n) is 16.3. The summed E-state index contributed by atoms with van der Waals surface area (Å²) in [6.07, 6.45) is 2.48. The first-order valence-corrected chi connectivity index (χ1v) is 18.3. The van der Waals surface area contributed by atoms with Crippen molar-refractivity contribution in [1.29, 1.82) is 5.26 Å². The van der Waals surface area contributed by atoms with Crippen LogP contribution in [0.1, 0.15) is 48.5 Å². The molecule has 0 aliphatic carbocycles. The number of alkyl halides is 1. The van der Waals surface area contributed by atoms with E-state index in [4.69, 9.17) is 31.8 Å². The minimum atomic E-state index is -0.987. The van der Waals surface area contributed by atoms with E-state index in [2.05, 4.69) is 20.2 Å². The fourth-order valence-electron chi connectivity index (χ4n) is 7.40. The number of thiazole rings is 1. The van der Waals surface area contributed by atoms with Crippen LogP contribution in [0, 0.1) is 23.0 Å². The normalized spacial score (nSPS) is 20.1. The first-order chi connectivity index (χ1) is 24.5. The Bertz CT molecular complexity index is 2290. The lowest BCUT2D eigenvalue weighted by molar-refractivity contribution is 0.0942. The Morgan fingerprint density at radius 1 is 1.27 bits per heavy atom. The van der Waals surface area contributed by atoms with Crippen LogP contribution in [0.3, 0.4) is 0 Å². The molecule has 1 amide bonds. The lowest BCUT2D eigenvalue weighted by Crippen LogP contribution is -2.43. The molecule has 2 atom stereocenters. The van der Waals surface area contributed by atoms with Crippen molar-refractivity contribution in [3.63, 3.8) is 0 Å². The van der Waals surface area contributed by atoms with Crippen LogP contribution in [0.5, 0.6) is 11.8 Å². The van der Waals surface area contributed by atoms with E-state index in [0.29, 0.717) is 18.0 Å². The standard InChI is InChI=1S/C34H30ClF3N8O3S2/c1-15(2)42-31(47)32-41-12-20(50-32)46-8-9-48-27-23-26(43-33(44-30(23)46)49-14-34-6-3-7-45(34)13-16(36)10-34)25(38)22(24(27)35)17-4-5-19(37)28-21(17)18(11-39)29(40)51-28/h4-5,12,15-16H,3,6-10,13-14,40H2,1-2H3,(H,42,47)/t16-,34?/m1/s1. The number of nitrogens with zero attached hydrogens (tertiary/aromatic N) is 6. The number of amides is 1. The molecule has 8 rings (SSSR count). The molecule has 3 N–H and O–H groups in total. The predicted molar refractivity (Wildman–Crippen MR) is 190 cm³/mol. The van der Waals surface area contributed by atoms with Gasteiger partial charge in [0.1, 0.15) is 46.8 Å². The maximum Gasteiger partial charge on any atom is 0.319 e. The molecule has 0 saturated carbocycles. The number of carbonyl (C=O) groups excluding carboxylic acids is 1. The van der Waals surface area contributed by atoms with Crippen molar-refractivity contribution in [1.82, 2.24) is 25.2 Å². The van der Waals surface area contributed by atoms with Crippen LogP contribution in [0.25, 0.3) is 32.1 Å². The molecule has 51 heavy (non-hydrogen) atoms. The van der Waals surface area contributed by atoms with Crippen molar-refractivity contribution in [2.75, 3.05) is 43.5 Å². The van der Waals surface area contributed by atoms with Gasteiger partial charge in [0.2, 0.25) is 0 Å². The van der Waals surface area contributed by atoms with Gasteiger partial charge in [-0.15, -0.1) is 11.3 Å². The van der Waals surface area contributed by atoms with Gasteiger partial charge in [-0.3, -0.25) is 9.69 Å². The molecule has 2 aromatic carbocycles. The molecule has 5 aromatic rings. The number of carbonyl (C=O) groups is 1. The van der Waals surface area contributed by atoms with Crippen molar-refractivity contribution in [3.8, 4) is 29.0 Å². The number of benzene rings is 2. The number of thiophene rings is 1. The van der Waals surface area contributed by atoms with Crippen molar-refractivity contribution in [3.05, 3.63) is 45.6 Å². The highest BCUT2D eigenvalue weighted by atomic mass is 35.5. The largest absolute Gasteiger partial charge is 0.489 e. The Morgan fingerprint density at radius 3 is 2.88 bits per heavy atom. The van der Waals surface area contributed by atoms with E-state index in [1.54, 1.807) is 4.90 Å². The molecule has 3 aliphatic heterocycles. The highest BCUT2D eigenvalue weighted by Crippen LogP contribution is 2.52. The van der Waals surface area contributed by atoms with E-state index >= 15 is 8.78 Å². The highest BCUT2D eigenvalue weighted by molar-refractivity contribution is 7.23. The second-order valence-corrected chi connectivity index (χ2v) is 15.6. The number of nitriles is 1. The topological polar surface area (TPSA) is 143 Å². The Kier molecular flexibility index (Phi) is 8.36. The third-order valence-corrected chi connectivity index (χ3v) is 12.0. The van der Waals surface area contributed by atoms with Crippen LogP contribution < -0.4 is 25.4 Å². The summed E-state index contributed by atoms with van der Waals surface area (Å²) in [5.41, 5.74) is 5.33. The molecule has 6 heterocycles. The van der Waals surface area contributed by atoms with Crippen LogP contribution >= 0.6 is 34.3 Å². The molecule has 0 spiro atoms. The molecule has 11 nitrogen and oxygen atoms in total. The lowest BCUT2D eigenvalue weighted by Gasteiger charge is -2.31. The molecule has 1 unspecified atom stereocenters. The number of rotatable bonds is 7. The van der Waals surface area contributed by atoms with Crippen molar-refractivity contribution in [2.45, 2.75) is 50.9 Å². The third-order valence-electron chi connectivity index (χ3n) is 9.56. The molecule has 0 bridgehead atoms. The maximum absolute atomic E-state index is 17.3. The Balaban J connectivity index is 1.33. The SMILES string of the molecule is CC(C)NC(=O)c1ncc(N2CCOc3c(Cl)c(-c4ccc(F)c5sc(N)c(C#N)c45)c(F)c4nc(OCC56CCCN5C[C@H](F)C6)nc2c34)s1. The molecular weight excluding hydrogens is 725 g/mol. The number of nitrogen functional groups attached to an aromatic ring is 1. The Morgan fingerprint density at radius 2 is 2.10 bits per heavy atom. The summed E-state index contributed by atoms with van der Waals surface area (Å²) in [7, 11) is 0. The second-order valence-electron chi connectivity index (χ2n) is 13.1. The number of ether oxygens (including phenoxy) is 2. The van der Waals surface area contributed by atoms with Gasteiger partial charge in [0, 0.05) is 30.0 Å². The van der Waals surface area contributed by atoms with Gasteiger partial charge in [-0.1, -0.05) is 29.0 Å². The van der Waals surface area contributed by atoms with E-state index in [9.17, 15) is 14.4 Å². The number of fused-ring (bicyclic) bond motifs is 2. The fourth-order valence-corrected chi connectivity index (χ4v) is 9.53. The number of aromatic nitrogens is 3. The van der Waals surface area contributed by atoms with Gasteiger partial charge in [-0.25, -0.2) is 18.2 Å². The smallest absolute Gasteiger partial charge is 0.319 e. The summed E-state index contributed by atoms with van der Waals surface area (Å²) in [5, 5.41) is 13.7.